The van der Waals surface area contributed by atoms with Crippen LogP contribution < -0.4 is 10.1 Å². The quantitative estimate of drug-likeness (QED) is 0.686. The van der Waals surface area contributed by atoms with Gasteiger partial charge in [0.05, 0.1) is 13.0 Å². The molecule has 0 aliphatic rings. The summed E-state index contributed by atoms with van der Waals surface area (Å²) in [5.41, 5.74) is 4.84. The maximum absolute atomic E-state index is 12.3. The minimum absolute atomic E-state index is 0.0679. The smallest absolute Gasteiger partial charge is 0.252 e. The summed E-state index contributed by atoms with van der Waals surface area (Å²) < 4.78 is 7.39. The molecule has 136 valence electrons. The number of aromatic nitrogens is 4. The number of ether oxygens (including phenoxy) is 1. The van der Waals surface area contributed by atoms with Crippen LogP contribution in [-0.2, 0) is 11.2 Å². The average molecular weight is 353 g/mol. The molecule has 7 nitrogen and oxygen atoms in total. The zero-order chi connectivity index (χ0) is 18.7. The van der Waals surface area contributed by atoms with Crippen LogP contribution in [0.1, 0.15) is 28.1 Å². The Hall–Kier alpha value is -2.96. The third kappa shape index (κ3) is 3.82. The summed E-state index contributed by atoms with van der Waals surface area (Å²) >= 11 is 0. The highest BCUT2D eigenvalue weighted by Crippen LogP contribution is 2.18. The van der Waals surface area contributed by atoms with Gasteiger partial charge in [0, 0.05) is 17.0 Å². The second-order valence-corrected chi connectivity index (χ2v) is 6.38. The topological polar surface area (TPSA) is 81.4 Å². The monoisotopic (exact) mass is 353 g/mol. The van der Waals surface area contributed by atoms with Crippen molar-refractivity contribution in [3.63, 3.8) is 0 Å². The Morgan fingerprint density at radius 3 is 2.81 bits per heavy atom. The van der Waals surface area contributed by atoms with Gasteiger partial charge in [-0.2, -0.15) is 10.1 Å². The van der Waals surface area contributed by atoms with Crippen LogP contribution in [0.2, 0.25) is 0 Å². The van der Waals surface area contributed by atoms with E-state index in [1.54, 1.807) is 4.52 Å². The van der Waals surface area contributed by atoms with Gasteiger partial charge in [0.25, 0.3) is 5.78 Å². The third-order valence-corrected chi connectivity index (χ3v) is 4.34. The molecule has 0 aliphatic heterocycles. The number of aryl methyl sites for hydroxylation is 4. The fraction of sp³-hybridized carbons (Fsp3) is 0.368. The van der Waals surface area contributed by atoms with Gasteiger partial charge < -0.3 is 10.1 Å². The molecule has 0 saturated heterocycles. The van der Waals surface area contributed by atoms with Gasteiger partial charge in [0.15, 0.2) is 0 Å². The lowest BCUT2D eigenvalue weighted by Gasteiger charge is -2.12. The van der Waals surface area contributed by atoms with Gasteiger partial charge in [-0.05, 0) is 39.3 Å². The molecule has 7 heteroatoms. The van der Waals surface area contributed by atoms with E-state index in [2.05, 4.69) is 26.4 Å². The van der Waals surface area contributed by atoms with Crippen LogP contribution >= 0.6 is 0 Å². The van der Waals surface area contributed by atoms with Gasteiger partial charge in [-0.1, -0.05) is 17.7 Å². The van der Waals surface area contributed by atoms with E-state index >= 15 is 0 Å². The Morgan fingerprint density at radius 2 is 2.04 bits per heavy atom. The van der Waals surface area contributed by atoms with Crippen molar-refractivity contribution in [3.8, 4) is 5.75 Å². The molecule has 0 saturated carbocycles. The number of hydrogen-bond acceptors (Lipinski definition) is 5. The first-order valence-electron chi connectivity index (χ1n) is 8.58. The van der Waals surface area contributed by atoms with Gasteiger partial charge >= 0.3 is 0 Å². The average Bonchev–Trinajstić information content (AvgIpc) is 3.05. The fourth-order valence-corrected chi connectivity index (χ4v) is 2.95. The van der Waals surface area contributed by atoms with Gasteiger partial charge in [0.2, 0.25) is 5.91 Å². The van der Waals surface area contributed by atoms with Crippen LogP contribution in [0.3, 0.4) is 0 Å². The zero-order valence-corrected chi connectivity index (χ0v) is 15.5. The summed E-state index contributed by atoms with van der Waals surface area (Å²) in [4.78, 5) is 20.7. The molecule has 26 heavy (non-hydrogen) atoms. The van der Waals surface area contributed by atoms with E-state index in [1.165, 1.54) is 11.9 Å². The maximum atomic E-state index is 12.3. The van der Waals surface area contributed by atoms with Crippen LogP contribution in [0.5, 0.6) is 5.75 Å². The predicted molar refractivity (Wildman–Crippen MR) is 98.4 cm³/mol. The number of carbonyl (C=O) groups is 1. The van der Waals surface area contributed by atoms with Crippen LogP contribution in [0.25, 0.3) is 5.78 Å². The Labute approximate surface area is 152 Å². The molecule has 0 spiro atoms. The highest BCUT2D eigenvalue weighted by molar-refractivity contribution is 5.79. The minimum atomic E-state index is -0.0679. The molecule has 3 aromatic rings. The molecule has 1 amide bonds. The largest absolute Gasteiger partial charge is 0.491 e. The number of carbonyl (C=O) groups excluding carboxylic acids is 1. The van der Waals surface area contributed by atoms with E-state index < -0.39 is 0 Å². The number of nitrogens with one attached hydrogen (secondary N) is 1. The van der Waals surface area contributed by atoms with Crippen molar-refractivity contribution >= 4 is 11.7 Å². The number of nitrogens with zero attached hydrogens (tertiary/aromatic N) is 4. The van der Waals surface area contributed by atoms with Crippen molar-refractivity contribution in [2.75, 3.05) is 13.2 Å². The molecule has 2 aromatic heterocycles. The third-order valence-electron chi connectivity index (χ3n) is 4.34. The van der Waals surface area contributed by atoms with Gasteiger partial charge in [-0.25, -0.2) is 9.50 Å². The number of hydrogen-bond donors (Lipinski definition) is 1. The summed E-state index contributed by atoms with van der Waals surface area (Å²) in [6, 6.07) is 6.05. The standard InChI is InChI=1S/C19H23N5O2/c1-12-5-6-17(13(2)9-12)26-8-7-20-18(25)10-16-14(3)23-19-21-11-22-24(19)15(16)4/h5-6,9,11H,7-8,10H2,1-4H3,(H,20,25). The summed E-state index contributed by atoms with van der Waals surface area (Å²) in [5.74, 6) is 1.32. The Morgan fingerprint density at radius 1 is 1.23 bits per heavy atom. The molecule has 0 unspecified atom stereocenters. The molecular weight excluding hydrogens is 330 g/mol. The van der Waals surface area contributed by atoms with Crippen LogP contribution in [-0.4, -0.2) is 38.6 Å². The van der Waals surface area contributed by atoms with E-state index in [1.807, 2.05) is 39.8 Å². The highest BCUT2D eigenvalue weighted by atomic mass is 16.5. The van der Waals surface area contributed by atoms with E-state index in [9.17, 15) is 4.79 Å². The lowest BCUT2D eigenvalue weighted by Crippen LogP contribution is -2.30. The van der Waals surface area contributed by atoms with Crippen molar-refractivity contribution in [1.29, 1.82) is 0 Å². The van der Waals surface area contributed by atoms with Crippen molar-refractivity contribution in [3.05, 3.63) is 52.6 Å². The van der Waals surface area contributed by atoms with Gasteiger partial charge in [-0.15, -0.1) is 0 Å². The fourth-order valence-electron chi connectivity index (χ4n) is 2.95. The molecule has 1 N–H and O–H groups in total. The summed E-state index contributed by atoms with van der Waals surface area (Å²) in [5, 5.41) is 7.03. The molecule has 0 atom stereocenters. The number of amides is 1. The molecule has 2 heterocycles. The molecule has 0 aliphatic carbocycles. The van der Waals surface area contributed by atoms with Gasteiger partial charge in [-0.3, -0.25) is 4.79 Å². The summed E-state index contributed by atoms with van der Waals surface area (Å²) in [6.45, 7) is 8.74. The van der Waals surface area contributed by atoms with Crippen LogP contribution in [0.15, 0.2) is 24.5 Å². The van der Waals surface area contributed by atoms with E-state index in [4.69, 9.17) is 4.74 Å². The van der Waals surface area contributed by atoms with E-state index in [0.29, 0.717) is 18.9 Å². The van der Waals surface area contributed by atoms with Crippen LogP contribution in [0, 0.1) is 27.7 Å². The predicted octanol–water partition coefficient (Wildman–Crippen LogP) is 2.10. The molecule has 0 bridgehead atoms. The molecule has 0 radical (unpaired) electrons. The van der Waals surface area contributed by atoms with Crippen molar-refractivity contribution in [1.82, 2.24) is 24.9 Å². The van der Waals surface area contributed by atoms with Crippen molar-refractivity contribution in [2.24, 2.45) is 0 Å². The van der Waals surface area contributed by atoms with Crippen molar-refractivity contribution < 1.29 is 9.53 Å². The number of fused-ring (bicyclic) bond motifs is 1. The Balaban J connectivity index is 1.54. The SMILES string of the molecule is Cc1ccc(OCCNC(=O)Cc2c(C)nc3ncnn3c2C)c(C)c1. The second-order valence-electron chi connectivity index (χ2n) is 6.38. The first-order chi connectivity index (χ1) is 12.5. The number of benzene rings is 1. The molecule has 0 fully saturated rings. The Kier molecular flexibility index (Phi) is 5.16. The lowest BCUT2D eigenvalue weighted by atomic mass is 10.1. The first kappa shape index (κ1) is 17.8. The molecule has 1 aromatic carbocycles. The minimum Gasteiger partial charge on any atom is -0.491 e. The van der Waals surface area contributed by atoms with E-state index in [-0.39, 0.29) is 12.3 Å². The Bertz CT molecular complexity index is 948. The van der Waals surface area contributed by atoms with Gasteiger partial charge in [0.1, 0.15) is 18.7 Å². The maximum Gasteiger partial charge on any atom is 0.252 e. The number of rotatable bonds is 6. The lowest BCUT2D eigenvalue weighted by molar-refractivity contribution is -0.120. The van der Waals surface area contributed by atoms with Crippen molar-refractivity contribution in [2.45, 2.75) is 34.1 Å². The normalized spacial score (nSPS) is 10.9. The molecular formula is C19H23N5O2. The van der Waals surface area contributed by atoms with E-state index in [0.717, 1.165) is 28.3 Å². The van der Waals surface area contributed by atoms with Crippen LogP contribution in [0.4, 0.5) is 0 Å². The summed E-state index contributed by atoms with van der Waals surface area (Å²) in [7, 11) is 0. The zero-order valence-electron chi connectivity index (χ0n) is 15.5. The first-order valence-corrected chi connectivity index (χ1v) is 8.58. The summed E-state index contributed by atoms with van der Waals surface area (Å²) in [6.07, 6.45) is 1.72. The second kappa shape index (κ2) is 7.51. The molecule has 3 rings (SSSR count). The highest BCUT2D eigenvalue weighted by Gasteiger charge is 2.14.